The first-order valence-electron chi connectivity index (χ1n) is 11.5. The van der Waals surface area contributed by atoms with Crippen LogP contribution in [0.2, 0.25) is 5.02 Å². The van der Waals surface area contributed by atoms with Crippen molar-refractivity contribution in [3.63, 3.8) is 0 Å². The van der Waals surface area contributed by atoms with Gasteiger partial charge in [0.25, 0.3) is 5.91 Å². The summed E-state index contributed by atoms with van der Waals surface area (Å²) >= 11 is 6.54. The number of carbonyl (C=O) groups is 1. The number of aromatic nitrogens is 2. The van der Waals surface area contributed by atoms with E-state index in [1.807, 2.05) is 13.8 Å². The second-order valence-electron chi connectivity index (χ2n) is 9.06. The molecule has 0 spiro atoms. The van der Waals surface area contributed by atoms with Gasteiger partial charge < -0.3 is 15.0 Å². The molecule has 2 aliphatic heterocycles. The monoisotopic (exact) mass is 480 g/mol. The molecule has 0 aliphatic carbocycles. The molecule has 2 aromatic carbocycles. The molecule has 1 aromatic heterocycles. The zero-order valence-corrected chi connectivity index (χ0v) is 20.1. The number of benzene rings is 2. The van der Waals surface area contributed by atoms with Crippen LogP contribution in [0.3, 0.4) is 0 Å². The van der Waals surface area contributed by atoms with Crippen molar-refractivity contribution in [3.8, 4) is 17.0 Å². The lowest BCUT2D eigenvalue weighted by Crippen LogP contribution is -2.48. The van der Waals surface area contributed by atoms with Gasteiger partial charge >= 0.3 is 0 Å². The van der Waals surface area contributed by atoms with Crippen LogP contribution < -0.4 is 15.0 Å². The maximum atomic E-state index is 14.9. The van der Waals surface area contributed by atoms with Crippen LogP contribution in [0, 0.1) is 5.82 Å². The molecule has 0 radical (unpaired) electrons. The lowest BCUT2D eigenvalue weighted by atomic mass is 9.97. The Bertz CT molecular complexity index is 1280. The molecule has 176 valence electrons. The fraction of sp³-hybridized carbons (Fsp3) is 0.346. The predicted octanol–water partition coefficient (Wildman–Crippen LogP) is 4.69. The lowest BCUT2D eigenvalue weighted by Gasteiger charge is -2.36. The molecule has 0 saturated carbocycles. The summed E-state index contributed by atoms with van der Waals surface area (Å²) in [5.41, 5.74) is 4.85. The standard InChI is InChI=1S/C26H26ClFN4O2/c1-14(2)32-22-11-19(10-20(27)25(22)34-15(3)26(32)33)24-21(28)13-30-23(31-24)9-16-4-5-18-12-29-7-6-17(18)8-16/h4-5,8,10-11,13-15,29H,6-7,9,12H2,1-3H3. The molecule has 6 nitrogen and oxygen atoms in total. The first-order chi connectivity index (χ1) is 16.3. The SMILES string of the molecule is CC1Oc2c(Cl)cc(-c3nc(Cc4ccc5c(c4)CCNC5)ncc3F)cc2N(C(C)C)C1=O. The molecule has 1 unspecified atom stereocenters. The van der Waals surface area contributed by atoms with Gasteiger partial charge in [0, 0.05) is 24.6 Å². The first-order valence-corrected chi connectivity index (χ1v) is 11.9. The summed E-state index contributed by atoms with van der Waals surface area (Å²) < 4.78 is 20.7. The van der Waals surface area contributed by atoms with Gasteiger partial charge in [-0.25, -0.2) is 14.4 Å². The zero-order valence-electron chi connectivity index (χ0n) is 19.4. The van der Waals surface area contributed by atoms with Gasteiger partial charge in [0.15, 0.2) is 17.7 Å². The van der Waals surface area contributed by atoms with Crippen LogP contribution in [-0.4, -0.2) is 34.6 Å². The molecule has 2 aliphatic rings. The van der Waals surface area contributed by atoms with Crippen molar-refractivity contribution in [1.29, 1.82) is 0 Å². The number of halogens is 2. The summed E-state index contributed by atoms with van der Waals surface area (Å²) in [7, 11) is 0. The molecular weight excluding hydrogens is 455 g/mol. The molecule has 34 heavy (non-hydrogen) atoms. The third-order valence-electron chi connectivity index (χ3n) is 6.27. The molecule has 5 rings (SSSR count). The second kappa shape index (κ2) is 8.96. The van der Waals surface area contributed by atoms with Crippen LogP contribution in [0.4, 0.5) is 10.1 Å². The van der Waals surface area contributed by atoms with Gasteiger partial charge in [-0.2, -0.15) is 0 Å². The molecule has 1 N–H and O–H groups in total. The Morgan fingerprint density at radius 3 is 2.88 bits per heavy atom. The van der Waals surface area contributed by atoms with Crippen molar-refractivity contribution in [2.24, 2.45) is 0 Å². The van der Waals surface area contributed by atoms with Crippen molar-refractivity contribution >= 4 is 23.2 Å². The molecule has 1 amide bonds. The minimum absolute atomic E-state index is 0.117. The Labute approximate surface area is 203 Å². The third-order valence-corrected chi connectivity index (χ3v) is 6.55. The highest BCUT2D eigenvalue weighted by molar-refractivity contribution is 6.33. The summed E-state index contributed by atoms with van der Waals surface area (Å²) in [5, 5.41) is 3.68. The van der Waals surface area contributed by atoms with Gasteiger partial charge in [-0.3, -0.25) is 4.79 Å². The highest BCUT2D eigenvalue weighted by Gasteiger charge is 2.35. The van der Waals surface area contributed by atoms with Crippen LogP contribution in [0.15, 0.2) is 36.5 Å². The Hall–Kier alpha value is -3.03. The van der Waals surface area contributed by atoms with Gasteiger partial charge in [-0.1, -0.05) is 29.8 Å². The smallest absolute Gasteiger partial charge is 0.268 e. The molecule has 0 saturated heterocycles. The van der Waals surface area contributed by atoms with E-state index < -0.39 is 11.9 Å². The Balaban J connectivity index is 1.52. The number of amides is 1. The normalized spacial score (nSPS) is 17.4. The van der Waals surface area contributed by atoms with E-state index in [0.717, 1.165) is 25.1 Å². The number of carbonyl (C=O) groups excluding carboxylic acids is 1. The molecular formula is C26H26ClFN4O2. The third kappa shape index (κ3) is 4.14. The Morgan fingerprint density at radius 2 is 2.09 bits per heavy atom. The summed E-state index contributed by atoms with van der Waals surface area (Å²) in [4.78, 5) is 23.2. The van der Waals surface area contributed by atoms with Crippen LogP contribution >= 0.6 is 11.6 Å². The van der Waals surface area contributed by atoms with Crippen LogP contribution in [0.1, 0.15) is 43.3 Å². The van der Waals surface area contributed by atoms with Crippen molar-refractivity contribution in [3.05, 3.63) is 69.9 Å². The fourth-order valence-corrected chi connectivity index (χ4v) is 4.86. The number of nitrogens with one attached hydrogen (secondary N) is 1. The van der Waals surface area contributed by atoms with E-state index in [1.54, 1.807) is 24.0 Å². The summed E-state index contributed by atoms with van der Waals surface area (Å²) in [6, 6.07) is 9.60. The quantitative estimate of drug-likeness (QED) is 0.586. The largest absolute Gasteiger partial charge is 0.477 e. The van der Waals surface area contributed by atoms with Crippen molar-refractivity contribution in [1.82, 2.24) is 15.3 Å². The maximum Gasteiger partial charge on any atom is 0.268 e. The van der Waals surface area contributed by atoms with E-state index in [4.69, 9.17) is 16.3 Å². The number of nitrogens with zero attached hydrogens (tertiary/aromatic N) is 3. The van der Waals surface area contributed by atoms with Crippen molar-refractivity contribution in [2.45, 2.75) is 52.3 Å². The highest BCUT2D eigenvalue weighted by Crippen LogP contribution is 2.44. The zero-order chi connectivity index (χ0) is 24.0. The van der Waals surface area contributed by atoms with Gasteiger partial charge in [-0.15, -0.1) is 0 Å². The van der Waals surface area contributed by atoms with Gasteiger partial charge in [0.2, 0.25) is 0 Å². The first kappa shape index (κ1) is 22.7. The van der Waals surface area contributed by atoms with E-state index in [0.29, 0.717) is 34.3 Å². The fourth-order valence-electron chi connectivity index (χ4n) is 4.60. The maximum absolute atomic E-state index is 14.9. The van der Waals surface area contributed by atoms with Crippen molar-refractivity contribution < 1.29 is 13.9 Å². The molecule has 0 bridgehead atoms. The second-order valence-corrected chi connectivity index (χ2v) is 9.46. The molecule has 8 heteroatoms. The number of hydrogen-bond donors (Lipinski definition) is 1. The molecule has 3 heterocycles. The Kier molecular flexibility index (Phi) is 6.00. The van der Waals surface area contributed by atoms with E-state index >= 15 is 0 Å². The minimum atomic E-state index is -0.645. The predicted molar refractivity (Wildman–Crippen MR) is 130 cm³/mol. The number of fused-ring (bicyclic) bond motifs is 2. The summed E-state index contributed by atoms with van der Waals surface area (Å²) in [6.07, 6.45) is 2.02. The molecule has 3 aromatic rings. The van der Waals surface area contributed by atoms with E-state index in [-0.39, 0.29) is 17.6 Å². The summed E-state index contributed by atoms with van der Waals surface area (Å²) in [6.45, 7) is 7.37. The van der Waals surface area contributed by atoms with Gasteiger partial charge in [-0.05, 0) is 62.6 Å². The Morgan fingerprint density at radius 1 is 1.26 bits per heavy atom. The number of rotatable bonds is 4. The molecule has 0 fully saturated rings. The van der Waals surface area contributed by atoms with Crippen LogP contribution in [0.25, 0.3) is 11.3 Å². The average molecular weight is 481 g/mol. The van der Waals surface area contributed by atoms with E-state index in [2.05, 4.69) is 33.5 Å². The minimum Gasteiger partial charge on any atom is -0.477 e. The van der Waals surface area contributed by atoms with Crippen LogP contribution in [-0.2, 0) is 24.2 Å². The highest BCUT2D eigenvalue weighted by atomic mass is 35.5. The number of hydrogen-bond acceptors (Lipinski definition) is 5. The van der Waals surface area contributed by atoms with E-state index in [1.165, 1.54) is 17.3 Å². The van der Waals surface area contributed by atoms with Gasteiger partial charge in [0.1, 0.15) is 11.5 Å². The number of anilines is 1. The number of ether oxygens (including phenoxy) is 1. The molecule has 1 atom stereocenters. The van der Waals surface area contributed by atoms with E-state index in [9.17, 15) is 9.18 Å². The topological polar surface area (TPSA) is 67.3 Å². The van der Waals surface area contributed by atoms with Crippen molar-refractivity contribution in [2.75, 3.05) is 11.4 Å². The average Bonchev–Trinajstić information content (AvgIpc) is 2.81. The van der Waals surface area contributed by atoms with Crippen LogP contribution in [0.5, 0.6) is 5.75 Å². The summed E-state index contributed by atoms with van der Waals surface area (Å²) in [5.74, 6) is 0.219. The van der Waals surface area contributed by atoms with Gasteiger partial charge in [0.05, 0.1) is 16.9 Å². The lowest BCUT2D eigenvalue weighted by molar-refractivity contribution is -0.125.